The van der Waals surface area contributed by atoms with Gasteiger partial charge in [0, 0.05) is 23.8 Å². The van der Waals surface area contributed by atoms with Crippen molar-refractivity contribution in [1.29, 1.82) is 0 Å². The van der Waals surface area contributed by atoms with Crippen molar-refractivity contribution in [1.82, 2.24) is 9.88 Å². The highest BCUT2D eigenvalue weighted by Crippen LogP contribution is 2.35. The van der Waals surface area contributed by atoms with Gasteiger partial charge in [0.25, 0.3) is 0 Å². The molecule has 0 amide bonds. The van der Waals surface area contributed by atoms with Crippen LogP contribution < -0.4 is 0 Å². The summed E-state index contributed by atoms with van der Waals surface area (Å²) in [6.07, 6.45) is 7.98. The summed E-state index contributed by atoms with van der Waals surface area (Å²) in [5.74, 6) is 0. The molecule has 0 bridgehead atoms. The van der Waals surface area contributed by atoms with Crippen molar-refractivity contribution in [3.63, 3.8) is 0 Å². The van der Waals surface area contributed by atoms with E-state index < -0.39 is 0 Å². The van der Waals surface area contributed by atoms with Crippen LogP contribution in [0.3, 0.4) is 0 Å². The molecule has 1 atom stereocenters. The molecule has 1 aliphatic rings. The molecule has 1 aromatic heterocycles. The molecule has 1 aromatic rings. The number of nitrogens with zero attached hydrogens (tertiary/aromatic N) is 2. The lowest BCUT2D eigenvalue weighted by Gasteiger charge is -2.39. The van der Waals surface area contributed by atoms with Gasteiger partial charge in [0.05, 0.1) is 0 Å². The topological polar surface area (TPSA) is 16.1 Å². The average Bonchev–Trinajstić information content (AvgIpc) is 2.38. The van der Waals surface area contributed by atoms with Gasteiger partial charge in [-0.1, -0.05) is 12.5 Å². The maximum atomic E-state index is 4.50. The molecule has 0 aromatic carbocycles. The Morgan fingerprint density at radius 1 is 1.41 bits per heavy atom. The Morgan fingerprint density at radius 3 is 2.94 bits per heavy atom. The molecule has 1 unspecified atom stereocenters. The minimum Gasteiger partial charge on any atom is -0.294 e. The molecule has 1 aliphatic heterocycles. The van der Waals surface area contributed by atoms with E-state index in [1.807, 2.05) is 6.20 Å². The smallest absolute Gasteiger partial charge is 0.100 e. The van der Waals surface area contributed by atoms with Gasteiger partial charge in [-0.25, -0.2) is 4.98 Å². The van der Waals surface area contributed by atoms with Crippen LogP contribution in [0.25, 0.3) is 0 Å². The summed E-state index contributed by atoms with van der Waals surface area (Å²) in [6.45, 7) is 5.83. The van der Waals surface area contributed by atoms with E-state index in [9.17, 15) is 0 Å². The third-order valence-electron chi connectivity index (χ3n) is 3.56. The molecule has 0 aliphatic carbocycles. The van der Waals surface area contributed by atoms with Gasteiger partial charge in [-0.05, 0) is 45.6 Å². The normalized spacial score (nSPS) is 22.0. The SMILES string of the molecule is CSc1ncccc1C1CCCCN1C(C)C. The second kappa shape index (κ2) is 5.87. The van der Waals surface area contributed by atoms with Gasteiger partial charge in [-0.2, -0.15) is 0 Å². The number of pyridine rings is 1. The standard InChI is InChI=1S/C14H22N2S/c1-11(2)16-10-5-4-8-13(16)12-7-6-9-15-14(12)17-3/h6-7,9,11,13H,4-5,8,10H2,1-3H3. The van der Waals surface area contributed by atoms with E-state index in [-0.39, 0.29) is 0 Å². The second-order valence-electron chi connectivity index (χ2n) is 4.95. The summed E-state index contributed by atoms with van der Waals surface area (Å²) in [6, 6.07) is 5.52. The van der Waals surface area contributed by atoms with E-state index >= 15 is 0 Å². The maximum absolute atomic E-state index is 4.50. The summed E-state index contributed by atoms with van der Waals surface area (Å²) in [4.78, 5) is 7.13. The van der Waals surface area contributed by atoms with Gasteiger partial charge in [0.2, 0.25) is 0 Å². The number of rotatable bonds is 3. The monoisotopic (exact) mass is 250 g/mol. The van der Waals surface area contributed by atoms with Crippen LogP contribution in [0, 0.1) is 0 Å². The molecule has 17 heavy (non-hydrogen) atoms. The molecule has 0 radical (unpaired) electrons. The number of piperidine rings is 1. The van der Waals surface area contributed by atoms with Crippen LogP contribution in [0.2, 0.25) is 0 Å². The van der Waals surface area contributed by atoms with Gasteiger partial charge in [-0.15, -0.1) is 11.8 Å². The minimum atomic E-state index is 0.569. The first-order chi connectivity index (χ1) is 8.24. The van der Waals surface area contributed by atoms with E-state index in [4.69, 9.17) is 0 Å². The number of hydrogen-bond donors (Lipinski definition) is 0. The van der Waals surface area contributed by atoms with Crippen LogP contribution >= 0.6 is 11.8 Å². The fourth-order valence-corrected chi connectivity index (χ4v) is 3.34. The summed E-state index contributed by atoms with van der Waals surface area (Å²) in [5.41, 5.74) is 1.42. The first-order valence-corrected chi connectivity index (χ1v) is 7.71. The van der Waals surface area contributed by atoms with Crippen LogP contribution in [-0.4, -0.2) is 28.7 Å². The van der Waals surface area contributed by atoms with Crippen LogP contribution in [0.5, 0.6) is 0 Å². The van der Waals surface area contributed by atoms with E-state index in [0.717, 1.165) is 0 Å². The summed E-state index contributed by atoms with van der Waals surface area (Å²) in [5, 5.41) is 1.20. The van der Waals surface area contributed by atoms with Gasteiger partial charge in [-0.3, -0.25) is 4.90 Å². The van der Waals surface area contributed by atoms with E-state index in [2.05, 4.69) is 42.1 Å². The van der Waals surface area contributed by atoms with Crippen molar-refractivity contribution in [2.75, 3.05) is 12.8 Å². The minimum absolute atomic E-state index is 0.569. The summed E-state index contributed by atoms with van der Waals surface area (Å²) >= 11 is 1.77. The zero-order valence-electron chi connectivity index (χ0n) is 11.0. The molecule has 0 saturated carbocycles. The molecule has 0 spiro atoms. The van der Waals surface area contributed by atoms with Gasteiger partial charge < -0.3 is 0 Å². The molecule has 3 heteroatoms. The predicted molar refractivity (Wildman–Crippen MR) is 74.5 cm³/mol. The number of hydrogen-bond acceptors (Lipinski definition) is 3. The Morgan fingerprint density at radius 2 is 2.24 bits per heavy atom. The first kappa shape index (κ1) is 12.9. The Hall–Kier alpha value is -0.540. The van der Waals surface area contributed by atoms with Crippen LogP contribution in [0.1, 0.15) is 44.7 Å². The van der Waals surface area contributed by atoms with Crippen molar-refractivity contribution < 1.29 is 0 Å². The zero-order chi connectivity index (χ0) is 12.3. The van der Waals surface area contributed by atoms with E-state index in [1.54, 1.807) is 11.8 Å². The van der Waals surface area contributed by atoms with Crippen molar-refractivity contribution in [3.05, 3.63) is 23.9 Å². The lowest BCUT2D eigenvalue weighted by molar-refractivity contribution is 0.110. The zero-order valence-corrected chi connectivity index (χ0v) is 11.8. The largest absolute Gasteiger partial charge is 0.294 e. The number of aromatic nitrogens is 1. The Bertz CT molecular complexity index is 365. The van der Waals surface area contributed by atoms with E-state index in [0.29, 0.717) is 12.1 Å². The van der Waals surface area contributed by atoms with Crippen molar-refractivity contribution >= 4 is 11.8 Å². The van der Waals surface area contributed by atoms with E-state index in [1.165, 1.54) is 36.4 Å². The highest BCUT2D eigenvalue weighted by Gasteiger charge is 2.27. The van der Waals surface area contributed by atoms with Crippen LogP contribution in [0.15, 0.2) is 23.4 Å². The summed E-state index contributed by atoms with van der Waals surface area (Å²) < 4.78 is 0. The second-order valence-corrected chi connectivity index (χ2v) is 5.74. The molecule has 94 valence electrons. The van der Waals surface area contributed by atoms with Gasteiger partial charge in [0.1, 0.15) is 5.03 Å². The maximum Gasteiger partial charge on any atom is 0.100 e. The first-order valence-electron chi connectivity index (χ1n) is 6.48. The number of thioether (sulfide) groups is 1. The fourth-order valence-electron chi connectivity index (χ4n) is 2.73. The predicted octanol–water partition coefficient (Wildman–Crippen LogP) is 3.74. The third kappa shape index (κ3) is 2.83. The Kier molecular flexibility index (Phi) is 4.46. The Balaban J connectivity index is 2.29. The molecular weight excluding hydrogens is 228 g/mol. The molecular formula is C14H22N2S. The van der Waals surface area contributed by atoms with Crippen molar-refractivity contribution in [2.45, 2.75) is 50.2 Å². The molecule has 2 nitrogen and oxygen atoms in total. The number of likely N-dealkylation sites (tertiary alicyclic amines) is 1. The molecule has 2 rings (SSSR count). The lowest BCUT2D eigenvalue weighted by Crippen LogP contribution is -2.38. The molecule has 2 heterocycles. The third-order valence-corrected chi connectivity index (χ3v) is 4.29. The average molecular weight is 250 g/mol. The quantitative estimate of drug-likeness (QED) is 0.760. The summed E-state index contributed by atoms with van der Waals surface area (Å²) in [7, 11) is 0. The van der Waals surface area contributed by atoms with Crippen molar-refractivity contribution in [2.24, 2.45) is 0 Å². The highest BCUT2D eigenvalue weighted by atomic mass is 32.2. The molecule has 1 saturated heterocycles. The molecule has 1 fully saturated rings. The Labute approximate surface area is 109 Å². The van der Waals surface area contributed by atoms with Crippen LogP contribution in [0.4, 0.5) is 0 Å². The van der Waals surface area contributed by atoms with Gasteiger partial charge in [0.15, 0.2) is 0 Å². The lowest BCUT2D eigenvalue weighted by atomic mass is 9.95. The van der Waals surface area contributed by atoms with Crippen molar-refractivity contribution in [3.8, 4) is 0 Å². The highest BCUT2D eigenvalue weighted by molar-refractivity contribution is 7.98. The molecule has 0 N–H and O–H groups in total. The van der Waals surface area contributed by atoms with Gasteiger partial charge >= 0.3 is 0 Å². The van der Waals surface area contributed by atoms with Crippen LogP contribution in [-0.2, 0) is 0 Å². The fraction of sp³-hybridized carbons (Fsp3) is 0.643.